The highest BCUT2D eigenvalue weighted by atomic mass is 79.9. The van der Waals surface area contributed by atoms with Gasteiger partial charge in [0.2, 0.25) is 0 Å². The summed E-state index contributed by atoms with van der Waals surface area (Å²) in [7, 11) is 0. The Morgan fingerprint density at radius 1 is 1.22 bits per heavy atom. The van der Waals surface area contributed by atoms with Crippen molar-refractivity contribution < 1.29 is 4.79 Å². The van der Waals surface area contributed by atoms with E-state index in [0.717, 1.165) is 15.7 Å². The molecule has 92 valence electrons. The summed E-state index contributed by atoms with van der Waals surface area (Å²) in [6.45, 7) is 1.99. The van der Waals surface area contributed by atoms with E-state index in [1.165, 1.54) is 0 Å². The fraction of sp³-hybridized carbons (Fsp3) is 0.0769. The predicted octanol–water partition coefficient (Wildman–Crippen LogP) is 4.17. The number of carbonyl (C=O) groups excluding carboxylic acids is 1. The summed E-state index contributed by atoms with van der Waals surface area (Å²) in [6, 6.07) is 9.29. The van der Waals surface area contributed by atoms with Crippen LogP contribution in [0.1, 0.15) is 16.1 Å². The molecule has 1 aromatic carbocycles. The molecule has 1 aromatic heterocycles. The second kappa shape index (κ2) is 5.63. The van der Waals surface area contributed by atoms with Crippen molar-refractivity contribution in [2.24, 2.45) is 0 Å². The highest BCUT2D eigenvalue weighted by molar-refractivity contribution is 9.11. The van der Waals surface area contributed by atoms with Crippen molar-refractivity contribution in [3.8, 4) is 0 Å². The van der Waals surface area contributed by atoms with Crippen molar-refractivity contribution in [1.82, 2.24) is 4.98 Å². The first-order valence-corrected chi connectivity index (χ1v) is 6.84. The van der Waals surface area contributed by atoms with Gasteiger partial charge in [0.15, 0.2) is 0 Å². The lowest BCUT2D eigenvalue weighted by atomic mass is 10.2. The van der Waals surface area contributed by atoms with Crippen LogP contribution in [-0.4, -0.2) is 10.9 Å². The van der Waals surface area contributed by atoms with Crippen molar-refractivity contribution >= 4 is 43.5 Å². The van der Waals surface area contributed by atoms with Crippen LogP contribution >= 0.6 is 31.9 Å². The summed E-state index contributed by atoms with van der Waals surface area (Å²) in [5.41, 5.74) is 2.21. The molecule has 0 atom stereocenters. The highest BCUT2D eigenvalue weighted by Gasteiger charge is 2.12. The number of carbonyl (C=O) groups is 1. The number of hydrogen-bond acceptors (Lipinski definition) is 2. The molecule has 0 aliphatic carbocycles. The molecule has 0 fully saturated rings. The van der Waals surface area contributed by atoms with Gasteiger partial charge in [-0.1, -0.05) is 6.07 Å². The standard InChI is InChI=1S/C13H10Br2N2O/c1-8-4-5-11(10(15)7-8)17-13(18)12-9(14)3-2-6-16-12/h2-7H,1H3,(H,17,18). The van der Waals surface area contributed by atoms with Gasteiger partial charge >= 0.3 is 0 Å². The molecular weight excluding hydrogens is 360 g/mol. The fourth-order valence-electron chi connectivity index (χ4n) is 1.46. The van der Waals surface area contributed by atoms with Crippen LogP contribution in [-0.2, 0) is 0 Å². The molecule has 0 spiro atoms. The summed E-state index contributed by atoms with van der Waals surface area (Å²) in [5, 5.41) is 2.82. The Morgan fingerprint density at radius 2 is 2.00 bits per heavy atom. The van der Waals surface area contributed by atoms with Gasteiger partial charge < -0.3 is 5.32 Å². The van der Waals surface area contributed by atoms with Gasteiger partial charge in [0.25, 0.3) is 5.91 Å². The zero-order valence-corrected chi connectivity index (χ0v) is 12.7. The number of rotatable bonds is 2. The summed E-state index contributed by atoms with van der Waals surface area (Å²) in [5.74, 6) is -0.243. The van der Waals surface area contributed by atoms with E-state index in [9.17, 15) is 4.79 Å². The maximum absolute atomic E-state index is 12.0. The smallest absolute Gasteiger partial charge is 0.275 e. The van der Waals surface area contributed by atoms with E-state index in [1.807, 2.05) is 25.1 Å². The number of nitrogens with one attached hydrogen (secondary N) is 1. The molecule has 0 radical (unpaired) electrons. The van der Waals surface area contributed by atoms with Crippen molar-refractivity contribution in [3.05, 3.63) is 56.7 Å². The molecule has 3 nitrogen and oxygen atoms in total. The molecule has 0 saturated carbocycles. The van der Waals surface area contributed by atoms with Crippen LogP contribution in [0.25, 0.3) is 0 Å². The third-order valence-electron chi connectivity index (χ3n) is 2.35. The summed E-state index contributed by atoms with van der Waals surface area (Å²) >= 11 is 6.73. The molecule has 1 N–H and O–H groups in total. The third kappa shape index (κ3) is 2.97. The van der Waals surface area contributed by atoms with Crippen LogP contribution in [0.5, 0.6) is 0 Å². The molecule has 2 rings (SSSR count). The Balaban J connectivity index is 2.24. The van der Waals surface area contributed by atoms with Crippen LogP contribution < -0.4 is 5.32 Å². The van der Waals surface area contributed by atoms with Crippen LogP contribution in [0.3, 0.4) is 0 Å². The van der Waals surface area contributed by atoms with Crippen molar-refractivity contribution in [3.63, 3.8) is 0 Å². The number of anilines is 1. The third-order valence-corrected chi connectivity index (χ3v) is 3.64. The molecule has 0 unspecified atom stereocenters. The topological polar surface area (TPSA) is 42.0 Å². The van der Waals surface area contributed by atoms with Crippen LogP contribution in [0.15, 0.2) is 45.5 Å². The maximum atomic E-state index is 12.0. The summed E-state index contributed by atoms with van der Waals surface area (Å²) < 4.78 is 1.52. The van der Waals surface area contributed by atoms with E-state index in [0.29, 0.717) is 10.2 Å². The number of aromatic nitrogens is 1. The van der Waals surface area contributed by atoms with Gasteiger partial charge in [0, 0.05) is 15.1 Å². The second-order valence-electron chi connectivity index (χ2n) is 3.77. The first kappa shape index (κ1) is 13.2. The zero-order chi connectivity index (χ0) is 13.1. The van der Waals surface area contributed by atoms with E-state index in [4.69, 9.17) is 0 Å². The first-order chi connectivity index (χ1) is 8.58. The van der Waals surface area contributed by atoms with Crippen LogP contribution in [0.4, 0.5) is 5.69 Å². The molecule has 5 heteroatoms. The van der Waals surface area contributed by atoms with Gasteiger partial charge in [-0.05, 0) is 68.6 Å². The number of nitrogens with zero attached hydrogens (tertiary/aromatic N) is 1. The lowest BCUT2D eigenvalue weighted by Gasteiger charge is -2.08. The van der Waals surface area contributed by atoms with Gasteiger partial charge in [-0.2, -0.15) is 0 Å². The Morgan fingerprint density at radius 3 is 2.67 bits per heavy atom. The first-order valence-electron chi connectivity index (χ1n) is 5.26. The van der Waals surface area contributed by atoms with Gasteiger partial charge in [-0.15, -0.1) is 0 Å². The van der Waals surface area contributed by atoms with Crippen molar-refractivity contribution in [2.45, 2.75) is 6.92 Å². The number of amides is 1. The molecule has 0 saturated heterocycles. The number of hydrogen-bond donors (Lipinski definition) is 1. The lowest BCUT2D eigenvalue weighted by Crippen LogP contribution is -2.14. The van der Waals surface area contributed by atoms with E-state index in [2.05, 4.69) is 42.2 Å². The Labute approximate surface area is 122 Å². The van der Waals surface area contributed by atoms with Gasteiger partial charge in [0.05, 0.1) is 5.69 Å². The van der Waals surface area contributed by atoms with Gasteiger partial charge in [-0.25, -0.2) is 4.98 Å². The number of aryl methyl sites for hydroxylation is 1. The molecular formula is C13H10Br2N2O. The molecule has 0 aliphatic heterocycles. The Kier molecular flexibility index (Phi) is 4.14. The molecule has 1 heterocycles. The van der Waals surface area contributed by atoms with Gasteiger partial charge in [0.1, 0.15) is 5.69 Å². The highest BCUT2D eigenvalue weighted by Crippen LogP contribution is 2.24. The number of benzene rings is 1. The maximum Gasteiger partial charge on any atom is 0.275 e. The van der Waals surface area contributed by atoms with E-state index < -0.39 is 0 Å². The average Bonchev–Trinajstić information content (AvgIpc) is 2.33. The van der Waals surface area contributed by atoms with E-state index in [-0.39, 0.29) is 5.91 Å². The molecule has 1 amide bonds. The molecule has 0 aliphatic rings. The number of halogens is 2. The van der Waals surface area contributed by atoms with E-state index >= 15 is 0 Å². The van der Waals surface area contributed by atoms with Gasteiger partial charge in [-0.3, -0.25) is 4.79 Å². The normalized spacial score (nSPS) is 10.2. The molecule has 0 bridgehead atoms. The Bertz CT molecular complexity index is 599. The summed E-state index contributed by atoms with van der Waals surface area (Å²) in [6.07, 6.45) is 1.59. The molecule has 18 heavy (non-hydrogen) atoms. The predicted molar refractivity (Wildman–Crippen MR) is 78.8 cm³/mol. The quantitative estimate of drug-likeness (QED) is 0.863. The van der Waals surface area contributed by atoms with Crippen LogP contribution in [0.2, 0.25) is 0 Å². The van der Waals surface area contributed by atoms with Crippen LogP contribution in [0, 0.1) is 6.92 Å². The minimum atomic E-state index is -0.243. The zero-order valence-electron chi connectivity index (χ0n) is 9.58. The SMILES string of the molecule is Cc1ccc(NC(=O)c2ncccc2Br)c(Br)c1. The fourth-order valence-corrected chi connectivity index (χ4v) is 2.48. The van der Waals surface area contributed by atoms with Crippen molar-refractivity contribution in [2.75, 3.05) is 5.32 Å². The summed E-state index contributed by atoms with van der Waals surface area (Å²) in [4.78, 5) is 16.1. The van der Waals surface area contributed by atoms with E-state index in [1.54, 1.807) is 18.3 Å². The average molecular weight is 370 g/mol. The molecule has 2 aromatic rings. The monoisotopic (exact) mass is 368 g/mol. The minimum Gasteiger partial charge on any atom is -0.320 e. The van der Waals surface area contributed by atoms with Crippen molar-refractivity contribution in [1.29, 1.82) is 0 Å². The Hall–Kier alpha value is -1.20. The lowest BCUT2D eigenvalue weighted by molar-refractivity contribution is 0.102. The second-order valence-corrected chi connectivity index (χ2v) is 5.48. The minimum absolute atomic E-state index is 0.243. The number of pyridine rings is 1. The largest absolute Gasteiger partial charge is 0.320 e.